The summed E-state index contributed by atoms with van der Waals surface area (Å²) in [6, 6.07) is 3.93. The maximum Gasteiger partial charge on any atom is 0.142 e. The van der Waals surface area contributed by atoms with E-state index < -0.39 is 0 Å². The fraction of sp³-hybridized carbons (Fsp3) is 0.667. The van der Waals surface area contributed by atoms with Gasteiger partial charge in [0, 0.05) is 32.5 Å². The maximum atomic E-state index is 5.74. The molecule has 0 amide bonds. The number of aryl methyl sites for hydroxylation is 1. The lowest BCUT2D eigenvalue weighted by atomic mass is 10.3. The van der Waals surface area contributed by atoms with Crippen LogP contribution in [0.1, 0.15) is 24.7 Å². The Kier molecular flexibility index (Phi) is 8.95. The smallest absolute Gasteiger partial charge is 0.142 e. The van der Waals surface area contributed by atoms with Gasteiger partial charge in [0.2, 0.25) is 0 Å². The van der Waals surface area contributed by atoms with Crippen molar-refractivity contribution in [3.63, 3.8) is 0 Å². The molecule has 1 aromatic rings. The molecule has 0 fully saturated rings. The van der Waals surface area contributed by atoms with Crippen LogP contribution in [0.2, 0.25) is 0 Å². The first-order valence-electron chi connectivity index (χ1n) is 7.14. The van der Waals surface area contributed by atoms with Crippen LogP contribution < -0.4 is 10.1 Å². The van der Waals surface area contributed by atoms with E-state index in [1.807, 2.05) is 19.1 Å². The third-order valence-electron chi connectivity index (χ3n) is 2.68. The molecule has 0 atom stereocenters. The van der Waals surface area contributed by atoms with Crippen LogP contribution in [0, 0.1) is 6.92 Å². The topological polar surface area (TPSA) is 52.6 Å². The summed E-state index contributed by atoms with van der Waals surface area (Å²) in [5.74, 6) is 0.820. The van der Waals surface area contributed by atoms with Gasteiger partial charge in [-0.25, -0.2) is 0 Å². The van der Waals surface area contributed by atoms with E-state index in [9.17, 15) is 0 Å². The average Bonchev–Trinajstić information content (AvgIpc) is 2.45. The van der Waals surface area contributed by atoms with Gasteiger partial charge >= 0.3 is 0 Å². The molecular formula is C15H26N2O3. The highest BCUT2D eigenvalue weighted by Crippen LogP contribution is 2.16. The maximum absolute atomic E-state index is 5.74. The number of hydrogen-bond acceptors (Lipinski definition) is 5. The van der Waals surface area contributed by atoms with Crippen molar-refractivity contribution in [3.05, 3.63) is 23.5 Å². The number of rotatable bonds is 11. The normalized spacial score (nSPS) is 10.8. The molecular weight excluding hydrogens is 256 g/mol. The summed E-state index contributed by atoms with van der Waals surface area (Å²) in [5.41, 5.74) is 1.92. The Labute approximate surface area is 121 Å². The molecule has 0 radical (unpaired) electrons. The summed E-state index contributed by atoms with van der Waals surface area (Å²) < 4.78 is 16.1. The van der Waals surface area contributed by atoms with Crippen molar-refractivity contribution in [2.75, 3.05) is 40.1 Å². The molecule has 1 heterocycles. The predicted molar refractivity (Wildman–Crippen MR) is 79.2 cm³/mol. The van der Waals surface area contributed by atoms with Gasteiger partial charge in [-0.3, -0.25) is 4.98 Å². The van der Waals surface area contributed by atoms with Crippen molar-refractivity contribution in [1.82, 2.24) is 10.3 Å². The van der Waals surface area contributed by atoms with Crippen LogP contribution in [-0.2, 0) is 16.0 Å². The Morgan fingerprint density at radius 1 is 1.15 bits per heavy atom. The van der Waals surface area contributed by atoms with Crippen molar-refractivity contribution in [1.29, 1.82) is 0 Å². The van der Waals surface area contributed by atoms with E-state index in [1.54, 1.807) is 7.11 Å². The Morgan fingerprint density at radius 2 is 2.00 bits per heavy atom. The largest absolute Gasteiger partial charge is 0.489 e. The van der Waals surface area contributed by atoms with E-state index in [-0.39, 0.29) is 0 Å². The number of pyridine rings is 1. The molecule has 0 bridgehead atoms. The first-order valence-corrected chi connectivity index (χ1v) is 7.14. The second-order valence-electron chi connectivity index (χ2n) is 4.53. The molecule has 20 heavy (non-hydrogen) atoms. The molecule has 0 unspecified atom stereocenters. The quantitative estimate of drug-likeness (QED) is 0.629. The van der Waals surface area contributed by atoms with Crippen LogP contribution in [0.5, 0.6) is 5.75 Å². The third kappa shape index (κ3) is 6.84. The van der Waals surface area contributed by atoms with Gasteiger partial charge in [-0.2, -0.15) is 0 Å². The summed E-state index contributed by atoms with van der Waals surface area (Å²) in [6.45, 7) is 8.17. The summed E-state index contributed by atoms with van der Waals surface area (Å²) >= 11 is 0. The number of aromatic nitrogens is 1. The van der Waals surface area contributed by atoms with Crippen molar-refractivity contribution >= 4 is 0 Å². The minimum Gasteiger partial charge on any atom is -0.489 e. The van der Waals surface area contributed by atoms with Gasteiger partial charge in [0.15, 0.2) is 0 Å². The lowest BCUT2D eigenvalue weighted by Crippen LogP contribution is -2.20. The molecule has 1 aromatic heterocycles. The van der Waals surface area contributed by atoms with E-state index in [2.05, 4.69) is 17.2 Å². The Morgan fingerprint density at radius 3 is 2.75 bits per heavy atom. The third-order valence-corrected chi connectivity index (χ3v) is 2.68. The summed E-state index contributed by atoms with van der Waals surface area (Å²) in [7, 11) is 1.69. The summed E-state index contributed by atoms with van der Waals surface area (Å²) in [5, 5.41) is 3.28. The van der Waals surface area contributed by atoms with E-state index in [0.29, 0.717) is 26.4 Å². The Hall–Kier alpha value is -1.17. The van der Waals surface area contributed by atoms with E-state index >= 15 is 0 Å². The van der Waals surface area contributed by atoms with Crippen molar-refractivity contribution in [2.24, 2.45) is 0 Å². The lowest BCUT2D eigenvalue weighted by molar-refractivity contribution is 0.100. The van der Waals surface area contributed by atoms with Crippen molar-refractivity contribution in [2.45, 2.75) is 26.8 Å². The van der Waals surface area contributed by atoms with E-state index in [4.69, 9.17) is 14.2 Å². The monoisotopic (exact) mass is 282 g/mol. The van der Waals surface area contributed by atoms with Crippen LogP contribution >= 0.6 is 0 Å². The molecule has 5 nitrogen and oxygen atoms in total. The Bertz CT molecular complexity index is 372. The van der Waals surface area contributed by atoms with Crippen LogP contribution in [0.15, 0.2) is 12.1 Å². The predicted octanol–water partition coefficient (Wildman–Crippen LogP) is 1.93. The molecule has 114 valence electrons. The molecule has 0 spiro atoms. The fourth-order valence-corrected chi connectivity index (χ4v) is 1.69. The molecule has 1 rings (SSSR count). The minimum absolute atomic E-state index is 0.551. The second-order valence-corrected chi connectivity index (χ2v) is 4.53. The minimum atomic E-state index is 0.551. The average molecular weight is 282 g/mol. The van der Waals surface area contributed by atoms with Gasteiger partial charge < -0.3 is 19.5 Å². The molecule has 0 saturated heterocycles. The zero-order chi connectivity index (χ0) is 14.6. The van der Waals surface area contributed by atoms with Crippen molar-refractivity contribution < 1.29 is 14.2 Å². The lowest BCUT2D eigenvalue weighted by Gasteiger charge is -2.12. The molecule has 0 aliphatic carbocycles. The summed E-state index contributed by atoms with van der Waals surface area (Å²) in [4.78, 5) is 4.52. The van der Waals surface area contributed by atoms with Gasteiger partial charge in [0.25, 0.3) is 0 Å². The molecule has 1 N–H and O–H groups in total. The van der Waals surface area contributed by atoms with Crippen LogP contribution in [0.25, 0.3) is 0 Å². The number of methoxy groups -OCH3 is 1. The highest BCUT2D eigenvalue weighted by Gasteiger charge is 2.05. The fourth-order valence-electron chi connectivity index (χ4n) is 1.69. The van der Waals surface area contributed by atoms with Crippen LogP contribution in [0.3, 0.4) is 0 Å². The highest BCUT2D eigenvalue weighted by atomic mass is 16.5. The standard InChI is InChI=1S/C15H26N2O3/c1-4-8-19-10-11-20-15-6-5-13(2)17-14(15)12-16-7-9-18-3/h5-6,16H,4,7-12H2,1-3H3. The Balaban J connectivity index is 2.42. The molecule has 5 heteroatoms. The second kappa shape index (κ2) is 10.6. The van der Waals surface area contributed by atoms with E-state index in [1.165, 1.54) is 0 Å². The van der Waals surface area contributed by atoms with Gasteiger partial charge in [-0.05, 0) is 25.5 Å². The number of ether oxygens (including phenoxy) is 3. The van der Waals surface area contributed by atoms with Gasteiger partial charge in [-0.1, -0.05) is 6.92 Å². The van der Waals surface area contributed by atoms with Gasteiger partial charge in [0.05, 0.1) is 18.9 Å². The SMILES string of the molecule is CCCOCCOc1ccc(C)nc1CNCCOC. The van der Waals surface area contributed by atoms with Crippen molar-refractivity contribution in [3.8, 4) is 5.75 Å². The first kappa shape index (κ1) is 16.9. The summed E-state index contributed by atoms with van der Waals surface area (Å²) in [6.07, 6.45) is 1.03. The van der Waals surface area contributed by atoms with Crippen LogP contribution in [-0.4, -0.2) is 45.1 Å². The number of nitrogens with one attached hydrogen (secondary N) is 1. The van der Waals surface area contributed by atoms with Gasteiger partial charge in [-0.15, -0.1) is 0 Å². The van der Waals surface area contributed by atoms with Gasteiger partial charge in [0.1, 0.15) is 12.4 Å². The molecule has 0 aliphatic rings. The zero-order valence-electron chi connectivity index (χ0n) is 12.8. The van der Waals surface area contributed by atoms with E-state index in [0.717, 1.165) is 36.7 Å². The number of nitrogens with zero attached hydrogens (tertiary/aromatic N) is 1. The zero-order valence-corrected chi connectivity index (χ0v) is 12.8. The first-order chi connectivity index (χ1) is 9.77. The molecule has 0 aromatic carbocycles. The molecule has 0 aliphatic heterocycles. The number of hydrogen-bond donors (Lipinski definition) is 1. The highest BCUT2D eigenvalue weighted by molar-refractivity contribution is 5.29. The molecule has 0 saturated carbocycles. The van der Waals surface area contributed by atoms with Crippen LogP contribution in [0.4, 0.5) is 0 Å².